The van der Waals surface area contributed by atoms with Crippen LogP contribution in [0.4, 0.5) is 5.69 Å². The molecule has 0 spiro atoms. The van der Waals surface area contributed by atoms with Crippen LogP contribution in [0.15, 0.2) is 109 Å². The highest BCUT2D eigenvalue weighted by molar-refractivity contribution is 7.80. The van der Waals surface area contributed by atoms with Gasteiger partial charge in [0.05, 0.1) is 22.4 Å². The van der Waals surface area contributed by atoms with E-state index in [2.05, 4.69) is 65.7 Å². The van der Waals surface area contributed by atoms with Gasteiger partial charge < -0.3 is 10.2 Å². The average molecular weight is 489 g/mol. The fourth-order valence-corrected chi connectivity index (χ4v) is 4.53. The van der Waals surface area contributed by atoms with Gasteiger partial charge in [0.1, 0.15) is 0 Å². The first-order valence-electron chi connectivity index (χ1n) is 12.2. The summed E-state index contributed by atoms with van der Waals surface area (Å²) in [7, 11) is 0. The van der Waals surface area contributed by atoms with Crippen LogP contribution >= 0.6 is 12.2 Å². The molecule has 0 atom stereocenters. The number of aromatic nitrogens is 2. The number of thiocarbonyl (C=S) groups is 1. The Kier molecular flexibility index (Phi) is 7.29. The number of rotatable bonds is 7. The van der Waals surface area contributed by atoms with Gasteiger partial charge in [-0.1, -0.05) is 97.9 Å². The van der Waals surface area contributed by atoms with Crippen LogP contribution in [0.3, 0.4) is 0 Å². The lowest BCUT2D eigenvalue weighted by Gasteiger charge is -2.25. The van der Waals surface area contributed by atoms with E-state index in [9.17, 15) is 0 Å². The standard InChI is InChI=1S/C31H28N4S/c1-2-20-35(22-23-12-6-3-7-13-23)31(36)32-26-18-19-27-28(21-26)34-30(25-16-10-5-11-17-25)29(33-27)24-14-8-4-9-15-24/h3-19,21H,2,20,22H2,1H3,(H,32,36). The summed E-state index contributed by atoms with van der Waals surface area (Å²) in [5.41, 5.74) is 7.64. The summed E-state index contributed by atoms with van der Waals surface area (Å²) in [4.78, 5) is 12.3. The quantitative estimate of drug-likeness (QED) is 0.239. The second-order valence-corrected chi connectivity index (χ2v) is 9.08. The number of nitrogens with one attached hydrogen (secondary N) is 1. The van der Waals surface area contributed by atoms with Crippen molar-refractivity contribution >= 4 is 34.1 Å². The van der Waals surface area contributed by atoms with Gasteiger partial charge in [-0.05, 0) is 42.4 Å². The third-order valence-corrected chi connectivity index (χ3v) is 6.37. The van der Waals surface area contributed by atoms with Gasteiger partial charge in [-0.25, -0.2) is 9.97 Å². The summed E-state index contributed by atoms with van der Waals surface area (Å²) in [6, 6.07) is 36.9. The predicted octanol–water partition coefficient (Wildman–Crippen LogP) is 7.57. The Bertz CT molecular complexity index is 1450. The van der Waals surface area contributed by atoms with E-state index in [-0.39, 0.29) is 0 Å². The number of fused-ring (bicyclic) bond motifs is 1. The van der Waals surface area contributed by atoms with Crippen LogP contribution in [-0.2, 0) is 6.54 Å². The van der Waals surface area contributed by atoms with Crippen LogP contribution in [0.1, 0.15) is 18.9 Å². The molecular formula is C31H28N4S. The molecule has 1 N–H and O–H groups in total. The normalized spacial score (nSPS) is 10.8. The highest BCUT2D eigenvalue weighted by Crippen LogP contribution is 2.31. The Morgan fingerprint density at radius 2 is 1.28 bits per heavy atom. The smallest absolute Gasteiger partial charge is 0.173 e. The van der Waals surface area contributed by atoms with Crippen LogP contribution in [0.25, 0.3) is 33.5 Å². The molecule has 0 bridgehead atoms. The Morgan fingerprint density at radius 1 is 0.722 bits per heavy atom. The van der Waals surface area contributed by atoms with Gasteiger partial charge >= 0.3 is 0 Å². The number of benzene rings is 4. The highest BCUT2D eigenvalue weighted by Gasteiger charge is 2.14. The minimum absolute atomic E-state index is 0.706. The molecule has 0 amide bonds. The molecule has 0 fully saturated rings. The topological polar surface area (TPSA) is 41.0 Å². The molecule has 0 unspecified atom stereocenters. The molecule has 178 valence electrons. The maximum absolute atomic E-state index is 5.81. The van der Waals surface area contributed by atoms with Crippen LogP contribution in [0.5, 0.6) is 0 Å². The molecule has 0 aliphatic heterocycles. The van der Waals surface area contributed by atoms with Crippen molar-refractivity contribution in [3.05, 3.63) is 115 Å². The minimum atomic E-state index is 0.706. The first kappa shape index (κ1) is 23.6. The minimum Gasteiger partial charge on any atom is -0.345 e. The Hall–Kier alpha value is -4.09. The molecule has 0 radical (unpaired) electrons. The third kappa shape index (κ3) is 5.42. The maximum atomic E-state index is 5.81. The van der Waals surface area contributed by atoms with Gasteiger partial charge in [0.15, 0.2) is 5.11 Å². The summed E-state index contributed by atoms with van der Waals surface area (Å²) < 4.78 is 0. The molecule has 5 aromatic rings. The zero-order chi connectivity index (χ0) is 24.7. The molecular weight excluding hydrogens is 460 g/mol. The second kappa shape index (κ2) is 11.1. The van der Waals surface area contributed by atoms with Crippen molar-refractivity contribution in [2.75, 3.05) is 11.9 Å². The molecule has 4 aromatic carbocycles. The van der Waals surface area contributed by atoms with Crippen molar-refractivity contribution < 1.29 is 0 Å². The summed E-state index contributed by atoms with van der Waals surface area (Å²) in [5.74, 6) is 0. The molecule has 5 heteroatoms. The van der Waals surface area contributed by atoms with E-state index >= 15 is 0 Å². The first-order chi connectivity index (χ1) is 17.7. The van der Waals surface area contributed by atoms with Crippen LogP contribution in [0, 0.1) is 0 Å². The fraction of sp³-hybridized carbons (Fsp3) is 0.129. The van der Waals surface area contributed by atoms with E-state index in [1.165, 1.54) is 5.56 Å². The molecule has 0 saturated carbocycles. The molecule has 0 aliphatic carbocycles. The fourth-order valence-electron chi connectivity index (χ4n) is 4.26. The Labute approximate surface area is 217 Å². The van der Waals surface area contributed by atoms with E-state index in [1.807, 2.05) is 60.7 Å². The van der Waals surface area contributed by atoms with Gasteiger partial charge in [-0.3, -0.25) is 0 Å². The van der Waals surface area contributed by atoms with Crippen molar-refractivity contribution in [2.24, 2.45) is 0 Å². The third-order valence-electron chi connectivity index (χ3n) is 6.01. The van der Waals surface area contributed by atoms with E-state index in [1.54, 1.807) is 0 Å². The summed E-state index contributed by atoms with van der Waals surface area (Å²) in [5, 5.41) is 4.14. The molecule has 4 nitrogen and oxygen atoms in total. The lowest BCUT2D eigenvalue weighted by atomic mass is 10.0. The summed E-state index contributed by atoms with van der Waals surface area (Å²) in [6.45, 7) is 3.82. The molecule has 36 heavy (non-hydrogen) atoms. The van der Waals surface area contributed by atoms with Crippen LogP contribution in [-0.4, -0.2) is 26.5 Å². The van der Waals surface area contributed by atoms with Crippen molar-refractivity contribution in [3.8, 4) is 22.5 Å². The largest absolute Gasteiger partial charge is 0.345 e. The van der Waals surface area contributed by atoms with Gasteiger partial charge in [-0.2, -0.15) is 0 Å². The molecule has 0 saturated heterocycles. The lowest BCUT2D eigenvalue weighted by molar-refractivity contribution is 0.418. The van der Waals surface area contributed by atoms with E-state index in [4.69, 9.17) is 22.2 Å². The molecule has 1 aromatic heterocycles. The van der Waals surface area contributed by atoms with Crippen molar-refractivity contribution in [2.45, 2.75) is 19.9 Å². The van der Waals surface area contributed by atoms with Gasteiger partial charge in [0.2, 0.25) is 0 Å². The molecule has 1 heterocycles. The maximum Gasteiger partial charge on any atom is 0.173 e. The van der Waals surface area contributed by atoms with E-state index in [0.717, 1.165) is 58.7 Å². The average Bonchev–Trinajstić information content (AvgIpc) is 2.93. The van der Waals surface area contributed by atoms with E-state index < -0.39 is 0 Å². The summed E-state index contributed by atoms with van der Waals surface area (Å²) in [6.07, 6.45) is 1.01. The van der Waals surface area contributed by atoms with Crippen molar-refractivity contribution in [1.82, 2.24) is 14.9 Å². The number of anilines is 1. The van der Waals surface area contributed by atoms with E-state index in [0.29, 0.717) is 5.11 Å². The van der Waals surface area contributed by atoms with Gasteiger partial charge in [0.25, 0.3) is 0 Å². The lowest BCUT2D eigenvalue weighted by Crippen LogP contribution is -2.34. The highest BCUT2D eigenvalue weighted by atomic mass is 32.1. The zero-order valence-electron chi connectivity index (χ0n) is 20.3. The second-order valence-electron chi connectivity index (χ2n) is 8.69. The van der Waals surface area contributed by atoms with Crippen LogP contribution < -0.4 is 5.32 Å². The zero-order valence-corrected chi connectivity index (χ0v) is 21.1. The van der Waals surface area contributed by atoms with Crippen molar-refractivity contribution in [3.63, 3.8) is 0 Å². The summed E-state index contributed by atoms with van der Waals surface area (Å²) >= 11 is 5.81. The number of hydrogen-bond acceptors (Lipinski definition) is 3. The SMILES string of the molecule is CCCN(Cc1ccccc1)C(=S)Nc1ccc2nc(-c3ccccc3)c(-c3ccccc3)nc2c1. The molecule has 0 aliphatic rings. The van der Waals surface area contributed by atoms with Crippen molar-refractivity contribution in [1.29, 1.82) is 0 Å². The number of hydrogen-bond donors (Lipinski definition) is 1. The van der Waals surface area contributed by atoms with Crippen LogP contribution in [0.2, 0.25) is 0 Å². The molecule has 5 rings (SSSR count). The monoisotopic (exact) mass is 488 g/mol. The Balaban J connectivity index is 1.48. The predicted molar refractivity (Wildman–Crippen MR) is 154 cm³/mol. The van der Waals surface area contributed by atoms with Gasteiger partial charge in [0, 0.05) is 29.9 Å². The van der Waals surface area contributed by atoms with Gasteiger partial charge in [-0.15, -0.1) is 0 Å². The first-order valence-corrected chi connectivity index (χ1v) is 12.6. The number of nitrogens with zero attached hydrogens (tertiary/aromatic N) is 3. The Morgan fingerprint density at radius 3 is 1.86 bits per heavy atom.